The van der Waals surface area contributed by atoms with E-state index in [0.717, 1.165) is 6.42 Å². The van der Waals surface area contributed by atoms with Crippen LogP contribution in [0.4, 0.5) is 14.5 Å². The monoisotopic (exact) mass is 278 g/mol. The Bertz CT molecular complexity index is 474. The Morgan fingerprint density at radius 2 is 1.83 bits per heavy atom. The van der Waals surface area contributed by atoms with Crippen LogP contribution in [0.3, 0.4) is 0 Å². The minimum Gasteiger partial charge on any atom is -0.383 e. The maximum absolute atomic E-state index is 12.3. The Hall–Kier alpha value is -1.21. The standard InChI is InChI=1S/C11H16F2N2O2S/c1-8(6-7-14)15-9-2-4-10(5-3-9)18(16,17)11(12)13/h2-5,8,11,15H,6-7,14H2,1H3. The topological polar surface area (TPSA) is 72.2 Å². The van der Waals surface area contributed by atoms with Crippen molar-refractivity contribution in [2.45, 2.75) is 30.0 Å². The molecule has 0 aromatic heterocycles. The molecule has 1 unspecified atom stereocenters. The lowest BCUT2D eigenvalue weighted by atomic mass is 10.2. The highest BCUT2D eigenvalue weighted by molar-refractivity contribution is 7.91. The third-order valence-electron chi connectivity index (χ3n) is 2.43. The Morgan fingerprint density at radius 1 is 1.28 bits per heavy atom. The Morgan fingerprint density at radius 3 is 2.28 bits per heavy atom. The van der Waals surface area contributed by atoms with Gasteiger partial charge in [0.2, 0.25) is 9.84 Å². The van der Waals surface area contributed by atoms with Gasteiger partial charge in [0.15, 0.2) is 0 Å². The van der Waals surface area contributed by atoms with Crippen LogP contribution in [0.1, 0.15) is 13.3 Å². The molecule has 0 bridgehead atoms. The fraction of sp³-hybridized carbons (Fsp3) is 0.455. The van der Waals surface area contributed by atoms with E-state index < -0.39 is 15.6 Å². The average molecular weight is 278 g/mol. The van der Waals surface area contributed by atoms with Crippen LogP contribution in [0, 0.1) is 0 Å². The van der Waals surface area contributed by atoms with E-state index >= 15 is 0 Å². The second-order valence-corrected chi connectivity index (χ2v) is 5.87. The third kappa shape index (κ3) is 3.64. The molecule has 7 heteroatoms. The quantitative estimate of drug-likeness (QED) is 0.832. The largest absolute Gasteiger partial charge is 0.383 e. The summed E-state index contributed by atoms with van der Waals surface area (Å²) in [6, 6.07) is 5.38. The number of benzene rings is 1. The summed E-state index contributed by atoms with van der Waals surface area (Å²) in [6.07, 6.45) is 0.761. The number of halogens is 2. The zero-order valence-electron chi connectivity index (χ0n) is 9.94. The summed E-state index contributed by atoms with van der Waals surface area (Å²) in [5.74, 6) is -3.40. The zero-order valence-corrected chi connectivity index (χ0v) is 10.8. The fourth-order valence-electron chi connectivity index (χ4n) is 1.45. The fourth-order valence-corrected chi connectivity index (χ4v) is 2.17. The molecular weight excluding hydrogens is 262 g/mol. The molecule has 0 aliphatic heterocycles. The van der Waals surface area contributed by atoms with Crippen LogP contribution in [-0.2, 0) is 9.84 Å². The molecule has 18 heavy (non-hydrogen) atoms. The van der Waals surface area contributed by atoms with E-state index in [1.54, 1.807) is 0 Å². The van der Waals surface area contributed by atoms with E-state index in [1.807, 2.05) is 6.92 Å². The van der Waals surface area contributed by atoms with Crippen molar-refractivity contribution in [1.29, 1.82) is 0 Å². The molecule has 0 fully saturated rings. The number of hydrogen-bond acceptors (Lipinski definition) is 4. The molecule has 1 atom stereocenters. The summed E-state index contributed by atoms with van der Waals surface area (Å²) >= 11 is 0. The van der Waals surface area contributed by atoms with Crippen LogP contribution >= 0.6 is 0 Å². The molecule has 1 aromatic carbocycles. The van der Waals surface area contributed by atoms with Gasteiger partial charge < -0.3 is 11.1 Å². The number of sulfone groups is 1. The molecule has 3 N–H and O–H groups in total. The van der Waals surface area contributed by atoms with Crippen LogP contribution in [0.2, 0.25) is 0 Å². The van der Waals surface area contributed by atoms with Gasteiger partial charge in [-0.2, -0.15) is 8.78 Å². The highest BCUT2D eigenvalue weighted by Gasteiger charge is 2.26. The van der Waals surface area contributed by atoms with Gasteiger partial charge in [-0.1, -0.05) is 0 Å². The minimum absolute atomic E-state index is 0.132. The maximum Gasteiger partial charge on any atom is 0.341 e. The maximum atomic E-state index is 12.3. The first-order valence-electron chi connectivity index (χ1n) is 5.46. The Labute approximate surface area is 105 Å². The summed E-state index contributed by atoms with van der Waals surface area (Å²) in [5.41, 5.74) is 6.07. The summed E-state index contributed by atoms with van der Waals surface area (Å²) in [4.78, 5) is -0.380. The van der Waals surface area contributed by atoms with Crippen molar-refractivity contribution in [3.8, 4) is 0 Å². The van der Waals surface area contributed by atoms with Gasteiger partial charge in [-0.3, -0.25) is 0 Å². The molecule has 4 nitrogen and oxygen atoms in total. The van der Waals surface area contributed by atoms with Crippen LogP contribution < -0.4 is 11.1 Å². The van der Waals surface area contributed by atoms with Crippen molar-refractivity contribution in [3.05, 3.63) is 24.3 Å². The number of alkyl halides is 2. The van der Waals surface area contributed by atoms with Crippen molar-refractivity contribution in [3.63, 3.8) is 0 Å². The lowest BCUT2D eigenvalue weighted by molar-refractivity contribution is 0.234. The van der Waals surface area contributed by atoms with Crippen LogP contribution in [0.5, 0.6) is 0 Å². The highest BCUT2D eigenvalue weighted by atomic mass is 32.2. The predicted octanol–water partition coefficient (Wildman–Crippen LogP) is 1.83. The zero-order chi connectivity index (χ0) is 13.8. The Balaban J connectivity index is 2.81. The summed E-state index contributed by atoms with van der Waals surface area (Å²) < 4.78 is 46.9. The first kappa shape index (κ1) is 14.8. The van der Waals surface area contributed by atoms with Gasteiger partial charge in [-0.15, -0.1) is 0 Å². The molecule has 0 amide bonds. The van der Waals surface area contributed by atoms with Crippen molar-refractivity contribution in [2.75, 3.05) is 11.9 Å². The van der Waals surface area contributed by atoms with Gasteiger partial charge in [-0.05, 0) is 44.2 Å². The molecule has 0 saturated heterocycles. The van der Waals surface area contributed by atoms with Crippen molar-refractivity contribution in [1.82, 2.24) is 0 Å². The van der Waals surface area contributed by atoms with Gasteiger partial charge >= 0.3 is 5.76 Å². The molecule has 0 aliphatic carbocycles. The SMILES string of the molecule is CC(CCN)Nc1ccc(S(=O)(=O)C(F)F)cc1. The molecule has 0 spiro atoms. The van der Waals surface area contributed by atoms with Crippen LogP contribution in [-0.4, -0.2) is 26.8 Å². The Kier molecular flexibility index (Phi) is 5.03. The second kappa shape index (κ2) is 6.10. The molecular formula is C11H16F2N2O2S. The van der Waals surface area contributed by atoms with Gasteiger partial charge in [-0.25, -0.2) is 8.42 Å². The minimum atomic E-state index is -4.51. The van der Waals surface area contributed by atoms with Crippen molar-refractivity contribution >= 4 is 15.5 Å². The number of rotatable bonds is 6. The van der Waals surface area contributed by atoms with Gasteiger partial charge in [0.25, 0.3) is 0 Å². The van der Waals surface area contributed by atoms with E-state index in [4.69, 9.17) is 5.73 Å². The molecule has 0 saturated carbocycles. The van der Waals surface area contributed by atoms with E-state index in [0.29, 0.717) is 12.2 Å². The first-order chi connectivity index (χ1) is 8.37. The van der Waals surface area contributed by atoms with E-state index in [2.05, 4.69) is 5.32 Å². The van der Waals surface area contributed by atoms with E-state index in [9.17, 15) is 17.2 Å². The number of nitrogens with one attached hydrogen (secondary N) is 1. The lowest BCUT2D eigenvalue weighted by Gasteiger charge is -2.14. The summed E-state index contributed by atoms with van der Waals surface area (Å²) in [6.45, 7) is 2.46. The smallest absolute Gasteiger partial charge is 0.341 e. The van der Waals surface area contributed by atoms with Crippen molar-refractivity contribution < 1.29 is 17.2 Å². The van der Waals surface area contributed by atoms with Gasteiger partial charge in [0.1, 0.15) is 0 Å². The summed E-state index contributed by atoms with van der Waals surface area (Å²) in [5, 5.41) is 3.09. The number of hydrogen-bond donors (Lipinski definition) is 2. The normalized spacial score (nSPS) is 13.6. The molecule has 0 radical (unpaired) electrons. The summed E-state index contributed by atoms with van der Waals surface area (Å²) in [7, 11) is -4.51. The number of anilines is 1. The average Bonchev–Trinajstić information content (AvgIpc) is 2.29. The van der Waals surface area contributed by atoms with E-state index in [-0.39, 0.29) is 10.9 Å². The van der Waals surface area contributed by atoms with E-state index in [1.165, 1.54) is 24.3 Å². The lowest BCUT2D eigenvalue weighted by Crippen LogP contribution is -2.19. The van der Waals surface area contributed by atoms with Crippen LogP contribution in [0.25, 0.3) is 0 Å². The predicted molar refractivity (Wildman–Crippen MR) is 66.4 cm³/mol. The second-order valence-electron chi connectivity index (χ2n) is 3.95. The van der Waals surface area contributed by atoms with Gasteiger partial charge in [0.05, 0.1) is 4.90 Å². The molecule has 0 aliphatic rings. The van der Waals surface area contributed by atoms with Crippen LogP contribution in [0.15, 0.2) is 29.2 Å². The molecule has 102 valence electrons. The van der Waals surface area contributed by atoms with Gasteiger partial charge in [0, 0.05) is 11.7 Å². The molecule has 1 rings (SSSR count). The molecule has 0 heterocycles. The number of nitrogens with two attached hydrogens (primary N) is 1. The first-order valence-corrected chi connectivity index (χ1v) is 7.01. The molecule has 1 aromatic rings. The van der Waals surface area contributed by atoms with Crippen molar-refractivity contribution in [2.24, 2.45) is 5.73 Å². The highest BCUT2D eigenvalue weighted by Crippen LogP contribution is 2.20. The third-order valence-corrected chi connectivity index (χ3v) is 3.83.